The molecule has 1 aromatic heterocycles. The van der Waals surface area contributed by atoms with E-state index in [4.69, 9.17) is 4.42 Å². The van der Waals surface area contributed by atoms with Crippen LogP contribution in [0.5, 0.6) is 0 Å². The van der Waals surface area contributed by atoms with Gasteiger partial charge in [0.05, 0.1) is 11.1 Å². The number of hydrogen-bond acceptors (Lipinski definition) is 4. The van der Waals surface area contributed by atoms with Crippen molar-refractivity contribution in [3.8, 4) is 0 Å². The van der Waals surface area contributed by atoms with Crippen LogP contribution in [-0.2, 0) is 11.3 Å². The van der Waals surface area contributed by atoms with E-state index in [9.17, 15) is 9.90 Å². The van der Waals surface area contributed by atoms with Gasteiger partial charge in [-0.15, -0.1) is 0 Å². The summed E-state index contributed by atoms with van der Waals surface area (Å²) >= 11 is 0. The standard InChI is InChI=1S/C20H24N2O3/c1-14-21-18(12-25-14)11-22-10-17-9-16(15-5-3-2-4-6-15)7-8-20(17,13-22)19(23)24/h2-6,12,16-17H,7-11,13H2,1H3,(H,23,24)/t16-,17-,20-/m0/s1. The van der Waals surface area contributed by atoms with Crippen LogP contribution in [0.2, 0.25) is 0 Å². The zero-order chi connectivity index (χ0) is 17.4. The number of carbonyl (C=O) groups is 1. The first-order chi connectivity index (χ1) is 12.1. The van der Waals surface area contributed by atoms with Crippen LogP contribution in [0.25, 0.3) is 0 Å². The van der Waals surface area contributed by atoms with E-state index in [0.717, 1.165) is 31.5 Å². The van der Waals surface area contributed by atoms with Gasteiger partial charge >= 0.3 is 5.97 Å². The van der Waals surface area contributed by atoms with Crippen molar-refractivity contribution in [1.82, 2.24) is 9.88 Å². The molecule has 1 saturated heterocycles. The maximum absolute atomic E-state index is 12.1. The lowest BCUT2D eigenvalue weighted by Gasteiger charge is -2.38. The molecule has 5 heteroatoms. The molecule has 25 heavy (non-hydrogen) atoms. The fourth-order valence-corrected chi connectivity index (χ4v) is 4.76. The Morgan fingerprint density at radius 2 is 2.20 bits per heavy atom. The average molecular weight is 340 g/mol. The summed E-state index contributed by atoms with van der Waals surface area (Å²) in [6, 6.07) is 10.5. The largest absolute Gasteiger partial charge is 0.481 e. The Bertz CT molecular complexity index is 757. The van der Waals surface area contributed by atoms with Crippen LogP contribution in [0.3, 0.4) is 0 Å². The minimum atomic E-state index is -0.636. The van der Waals surface area contributed by atoms with E-state index in [1.807, 2.05) is 13.0 Å². The van der Waals surface area contributed by atoms with Gasteiger partial charge in [0.2, 0.25) is 0 Å². The summed E-state index contributed by atoms with van der Waals surface area (Å²) in [5.41, 5.74) is 1.62. The highest BCUT2D eigenvalue weighted by molar-refractivity contribution is 5.76. The molecule has 0 unspecified atom stereocenters. The first kappa shape index (κ1) is 16.3. The first-order valence-electron chi connectivity index (χ1n) is 8.98. The zero-order valence-corrected chi connectivity index (χ0v) is 14.5. The zero-order valence-electron chi connectivity index (χ0n) is 14.5. The van der Waals surface area contributed by atoms with Gasteiger partial charge in [-0.05, 0) is 36.7 Å². The number of benzene rings is 1. The maximum Gasteiger partial charge on any atom is 0.311 e. The van der Waals surface area contributed by atoms with Gasteiger partial charge in [-0.2, -0.15) is 0 Å². The Labute approximate surface area is 147 Å². The third-order valence-electron chi connectivity index (χ3n) is 6.02. The second kappa shape index (κ2) is 6.30. The second-order valence-electron chi connectivity index (χ2n) is 7.57. The Morgan fingerprint density at radius 1 is 1.40 bits per heavy atom. The highest BCUT2D eigenvalue weighted by atomic mass is 16.4. The summed E-state index contributed by atoms with van der Waals surface area (Å²) < 4.78 is 5.29. The lowest BCUT2D eigenvalue weighted by atomic mass is 9.64. The molecule has 1 N–H and O–H groups in total. The summed E-state index contributed by atoms with van der Waals surface area (Å²) in [5.74, 6) is 0.677. The van der Waals surface area contributed by atoms with E-state index in [2.05, 4.69) is 34.1 Å². The van der Waals surface area contributed by atoms with Crippen molar-refractivity contribution < 1.29 is 14.3 Å². The molecule has 1 saturated carbocycles. The summed E-state index contributed by atoms with van der Waals surface area (Å²) in [5, 5.41) is 9.98. The quantitative estimate of drug-likeness (QED) is 0.923. The number of rotatable bonds is 4. The van der Waals surface area contributed by atoms with E-state index < -0.39 is 11.4 Å². The molecule has 2 fully saturated rings. The monoisotopic (exact) mass is 340 g/mol. The summed E-state index contributed by atoms with van der Waals surface area (Å²) in [4.78, 5) is 18.7. The average Bonchev–Trinajstić information content (AvgIpc) is 3.18. The Balaban J connectivity index is 1.52. The number of likely N-dealkylation sites (tertiary alicyclic amines) is 1. The Kier molecular flexibility index (Phi) is 4.12. The SMILES string of the molecule is Cc1nc(CN2C[C@@H]3C[C@@H](c4ccccc4)CC[C@]3(C(=O)O)C2)co1. The second-order valence-corrected chi connectivity index (χ2v) is 7.57. The summed E-state index contributed by atoms with van der Waals surface area (Å²) in [6.07, 6.45) is 4.33. The third kappa shape index (κ3) is 2.97. The number of aromatic nitrogens is 1. The summed E-state index contributed by atoms with van der Waals surface area (Å²) in [6.45, 7) is 3.93. The molecule has 2 heterocycles. The molecule has 2 aromatic rings. The highest BCUT2D eigenvalue weighted by Crippen LogP contribution is 2.51. The van der Waals surface area contributed by atoms with Crippen molar-refractivity contribution in [2.75, 3.05) is 13.1 Å². The number of nitrogens with zero attached hydrogens (tertiary/aromatic N) is 2. The van der Waals surface area contributed by atoms with Gasteiger partial charge in [-0.1, -0.05) is 30.3 Å². The van der Waals surface area contributed by atoms with Crippen molar-refractivity contribution in [3.63, 3.8) is 0 Å². The van der Waals surface area contributed by atoms with Gasteiger partial charge in [0.25, 0.3) is 0 Å². The topological polar surface area (TPSA) is 66.6 Å². The van der Waals surface area contributed by atoms with Crippen molar-refractivity contribution in [2.45, 2.75) is 38.6 Å². The predicted molar refractivity (Wildman–Crippen MR) is 93.1 cm³/mol. The molecule has 0 amide bonds. The smallest absolute Gasteiger partial charge is 0.311 e. The molecule has 0 bridgehead atoms. The van der Waals surface area contributed by atoms with Crippen LogP contribution in [0, 0.1) is 18.3 Å². The van der Waals surface area contributed by atoms with Crippen LogP contribution in [0.4, 0.5) is 0 Å². The van der Waals surface area contributed by atoms with Crippen LogP contribution in [-0.4, -0.2) is 34.0 Å². The molecular formula is C20H24N2O3. The molecule has 3 atom stereocenters. The lowest BCUT2D eigenvalue weighted by molar-refractivity contribution is -0.152. The van der Waals surface area contributed by atoms with Gasteiger partial charge in [-0.3, -0.25) is 9.69 Å². The molecule has 5 nitrogen and oxygen atoms in total. The molecule has 1 aliphatic heterocycles. The van der Waals surface area contributed by atoms with Crippen LogP contribution in [0.15, 0.2) is 41.0 Å². The number of aliphatic carboxylic acids is 1. The van der Waals surface area contributed by atoms with Gasteiger partial charge in [0, 0.05) is 26.6 Å². The highest BCUT2D eigenvalue weighted by Gasteiger charge is 2.54. The number of aryl methyl sites for hydroxylation is 1. The molecule has 1 aliphatic carbocycles. The minimum Gasteiger partial charge on any atom is -0.481 e. The van der Waals surface area contributed by atoms with Gasteiger partial charge in [0.1, 0.15) is 6.26 Å². The number of hydrogen-bond donors (Lipinski definition) is 1. The Hall–Kier alpha value is -2.14. The van der Waals surface area contributed by atoms with Gasteiger partial charge in [-0.25, -0.2) is 4.98 Å². The minimum absolute atomic E-state index is 0.192. The van der Waals surface area contributed by atoms with Crippen LogP contribution >= 0.6 is 0 Å². The fraction of sp³-hybridized carbons (Fsp3) is 0.500. The van der Waals surface area contributed by atoms with Crippen molar-refractivity contribution in [2.24, 2.45) is 11.3 Å². The molecule has 132 valence electrons. The van der Waals surface area contributed by atoms with Crippen molar-refractivity contribution >= 4 is 5.97 Å². The summed E-state index contributed by atoms with van der Waals surface area (Å²) in [7, 11) is 0. The van der Waals surface area contributed by atoms with Gasteiger partial charge < -0.3 is 9.52 Å². The normalized spacial score (nSPS) is 29.5. The van der Waals surface area contributed by atoms with E-state index in [1.54, 1.807) is 6.26 Å². The third-order valence-corrected chi connectivity index (χ3v) is 6.02. The molecular weight excluding hydrogens is 316 g/mol. The Morgan fingerprint density at radius 3 is 2.88 bits per heavy atom. The van der Waals surface area contributed by atoms with Crippen molar-refractivity contribution in [3.05, 3.63) is 53.7 Å². The van der Waals surface area contributed by atoms with Crippen LogP contribution < -0.4 is 0 Å². The van der Waals surface area contributed by atoms with Crippen molar-refractivity contribution in [1.29, 1.82) is 0 Å². The van der Waals surface area contributed by atoms with Gasteiger partial charge in [0.15, 0.2) is 5.89 Å². The fourth-order valence-electron chi connectivity index (χ4n) is 4.76. The maximum atomic E-state index is 12.1. The number of carboxylic acids is 1. The molecule has 4 rings (SSSR count). The van der Waals surface area contributed by atoms with E-state index in [0.29, 0.717) is 24.9 Å². The molecule has 2 aliphatic rings. The molecule has 1 aromatic carbocycles. The van der Waals surface area contributed by atoms with E-state index in [-0.39, 0.29) is 5.92 Å². The van der Waals surface area contributed by atoms with Crippen LogP contribution in [0.1, 0.15) is 42.3 Å². The first-order valence-corrected chi connectivity index (χ1v) is 8.98. The molecule has 0 radical (unpaired) electrons. The lowest BCUT2D eigenvalue weighted by Crippen LogP contribution is -2.42. The van der Waals surface area contributed by atoms with E-state index in [1.165, 1.54) is 5.56 Å². The predicted octanol–water partition coefficient (Wildman–Crippen LogP) is 3.45. The number of oxazole rings is 1. The van der Waals surface area contributed by atoms with E-state index >= 15 is 0 Å². The number of carboxylic acid groups (broad SMARTS) is 1. The number of fused-ring (bicyclic) bond motifs is 1. The molecule has 0 spiro atoms.